The Labute approximate surface area is 89.6 Å². The van der Waals surface area contributed by atoms with Crippen LogP contribution in [-0.4, -0.2) is 16.7 Å². The molecule has 15 heavy (non-hydrogen) atoms. The zero-order valence-corrected chi connectivity index (χ0v) is 8.90. The summed E-state index contributed by atoms with van der Waals surface area (Å²) in [4.78, 5) is 4.28. The van der Waals surface area contributed by atoms with E-state index in [-0.39, 0.29) is 6.61 Å². The van der Waals surface area contributed by atoms with Gasteiger partial charge in [0.2, 0.25) is 0 Å². The lowest BCUT2D eigenvalue weighted by atomic mass is 10.1. The number of aryl methyl sites for hydroxylation is 2. The average molecular weight is 201 g/mol. The lowest BCUT2D eigenvalue weighted by Gasteiger charge is -2.03. The second-order valence-corrected chi connectivity index (χ2v) is 3.83. The van der Waals surface area contributed by atoms with E-state index in [9.17, 15) is 0 Å². The smallest absolute Gasteiger partial charge is 0.0434 e. The van der Waals surface area contributed by atoms with Gasteiger partial charge < -0.3 is 5.11 Å². The van der Waals surface area contributed by atoms with Crippen LogP contribution in [0.5, 0.6) is 0 Å². The summed E-state index contributed by atoms with van der Waals surface area (Å²) in [5, 5.41) is 11.2. The molecule has 0 radical (unpaired) electrons. The molecule has 0 saturated carbocycles. The zero-order valence-electron chi connectivity index (χ0n) is 8.90. The van der Waals surface area contributed by atoms with Crippen molar-refractivity contribution in [3.63, 3.8) is 0 Å². The lowest BCUT2D eigenvalue weighted by Crippen LogP contribution is -1.90. The molecule has 0 amide bonds. The summed E-state index contributed by atoms with van der Waals surface area (Å²) in [6, 6.07) is 8.48. The van der Waals surface area contributed by atoms with Gasteiger partial charge in [-0.15, -0.1) is 0 Å². The number of aliphatic hydroxyl groups is 1. The highest BCUT2D eigenvalue weighted by Gasteiger charge is 1.97. The van der Waals surface area contributed by atoms with E-state index in [1.165, 1.54) is 16.3 Å². The molecule has 0 spiro atoms. The third-order valence-electron chi connectivity index (χ3n) is 2.55. The standard InChI is InChI=1S/C13H15NO/c1-10-7-12-5-4-11(3-2-6-15)8-13(12)9-14-10/h4-5,7-9,15H,2-3,6H2,1H3. The molecule has 0 aliphatic rings. The summed E-state index contributed by atoms with van der Waals surface area (Å²) < 4.78 is 0. The van der Waals surface area contributed by atoms with E-state index < -0.39 is 0 Å². The Bertz CT molecular complexity index is 465. The van der Waals surface area contributed by atoms with Crippen molar-refractivity contribution in [2.75, 3.05) is 6.61 Å². The van der Waals surface area contributed by atoms with Gasteiger partial charge >= 0.3 is 0 Å². The predicted octanol–water partition coefficient (Wildman–Crippen LogP) is 2.47. The van der Waals surface area contributed by atoms with Crippen molar-refractivity contribution in [3.05, 3.63) is 41.7 Å². The van der Waals surface area contributed by atoms with Crippen LogP contribution in [-0.2, 0) is 6.42 Å². The minimum Gasteiger partial charge on any atom is -0.396 e. The normalized spacial score (nSPS) is 10.8. The monoisotopic (exact) mass is 201 g/mol. The molecule has 0 saturated heterocycles. The molecular weight excluding hydrogens is 186 g/mol. The second kappa shape index (κ2) is 4.41. The van der Waals surface area contributed by atoms with Crippen LogP contribution >= 0.6 is 0 Å². The van der Waals surface area contributed by atoms with Crippen LogP contribution in [0.4, 0.5) is 0 Å². The molecule has 0 aliphatic heterocycles. The van der Waals surface area contributed by atoms with Crippen molar-refractivity contribution >= 4 is 10.8 Å². The first-order chi connectivity index (χ1) is 7.29. The van der Waals surface area contributed by atoms with Crippen LogP contribution in [0.1, 0.15) is 17.7 Å². The highest BCUT2D eigenvalue weighted by Crippen LogP contribution is 2.16. The van der Waals surface area contributed by atoms with E-state index in [2.05, 4.69) is 29.2 Å². The number of nitrogens with zero attached hydrogens (tertiary/aromatic N) is 1. The number of pyridine rings is 1. The van der Waals surface area contributed by atoms with Gasteiger partial charge in [0.1, 0.15) is 0 Å². The van der Waals surface area contributed by atoms with Gasteiger partial charge in [-0.3, -0.25) is 4.98 Å². The van der Waals surface area contributed by atoms with E-state index >= 15 is 0 Å². The fourth-order valence-electron chi connectivity index (χ4n) is 1.74. The molecule has 0 aliphatic carbocycles. The van der Waals surface area contributed by atoms with Crippen LogP contribution in [0.2, 0.25) is 0 Å². The topological polar surface area (TPSA) is 33.1 Å². The third-order valence-corrected chi connectivity index (χ3v) is 2.55. The van der Waals surface area contributed by atoms with Crippen LogP contribution in [0.3, 0.4) is 0 Å². The first kappa shape index (κ1) is 10.1. The molecule has 78 valence electrons. The Morgan fingerprint density at radius 2 is 2.07 bits per heavy atom. The van der Waals surface area contributed by atoms with Gasteiger partial charge in [0.15, 0.2) is 0 Å². The number of fused-ring (bicyclic) bond motifs is 1. The zero-order chi connectivity index (χ0) is 10.7. The van der Waals surface area contributed by atoms with E-state index in [1.807, 2.05) is 13.1 Å². The number of hydrogen-bond donors (Lipinski definition) is 1. The number of benzene rings is 1. The summed E-state index contributed by atoms with van der Waals surface area (Å²) in [6.45, 7) is 2.25. The number of aromatic nitrogens is 1. The van der Waals surface area contributed by atoms with Crippen LogP contribution in [0, 0.1) is 6.92 Å². The molecule has 0 unspecified atom stereocenters. The SMILES string of the molecule is Cc1cc2ccc(CCCO)cc2cn1. The molecule has 0 atom stereocenters. The largest absolute Gasteiger partial charge is 0.396 e. The number of hydrogen-bond acceptors (Lipinski definition) is 2. The fourth-order valence-corrected chi connectivity index (χ4v) is 1.74. The average Bonchev–Trinajstić information content (AvgIpc) is 2.26. The Morgan fingerprint density at radius 3 is 2.87 bits per heavy atom. The molecule has 1 aromatic heterocycles. The first-order valence-corrected chi connectivity index (χ1v) is 5.26. The minimum atomic E-state index is 0.254. The van der Waals surface area contributed by atoms with Crippen molar-refractivity contribution in [2.24, 2.45) is 0 Å². The van der Waals surface area contributed by atoms with Gasteiger partial charge in [-0.05, 0) is 42.8 Å². The molecule has 2 heteroatoms. The Balaban J connectivity index is 2.34. The van der Waals surface area contributed by atoms with Crippen LogP contribution in [0.25, 0.3) is 10.8 Å². The molecular formula is C13H15NO. The van der Waals surface area contributed by atoms with E-state index in [0.717, 1.165) is 18.5 Å². The van der Waals surface area contributed by atoms with Crippen molar-refractivity contribution in [1.82, 2.24) is 4.98 Å². The second-order valence-electron chi connectivity index (χ2n) is 3.83. The third kappa shape index (κ3) is 2.34. The van der Waals surface area contributed by atoms with Crippen molar-refractivity contribution in [2.45, 2.75) is 19.8 Å². The van der Waals surface area contributed by atoms with Crippen LogP contribution < -0.4 is 0 Å². The fraction of sp³-hybridized carbons (Fsp3) is 0.308. The van der Waals surface area contributed by atoms with Gasteiger partial charge in [0, 0.05) is 23.9 Å². The van der Waals surface area contributed by atoms with Crippen molar-refractivity contribution in [3.8, 4) is 0 Å². The minimum absolute atomic E-state index is 0.254. The van der Waals surface area contributed by atoms with Gasteiger partial charge in [0.25, 0.3) is 0 Å². The summed E-state index contributed by atoms with van der Waals surface area (Å²) in [6.07, 6.45) is 3.66. The summed E-state index contributed by atoms with van der Waals surface area (Å²) in [5.41, 5.74) is 2.31. The molecule has 1 aromatic carbocycles. The maximum atomic E-state index is 8.76. The quantitative estimate of drug-likeness (QED) is 0.827. The summed E-state index contributed by atoms with van der Waals surface area (Å²) >= 11 is 0. The van der Waals surface area contributed by atoms with Gasteiger partial charge in [-0.2, -0.15) is 0 Å². The van der Waals surface area contributed by atoms with E-state index in [1.54, 1.807) is 0 Å². The molecule has 0 fully saturated rings. The Kier molecular flexibility index (Phi) is 2.97. The number of rotatable bonds is 3. The molecule has 0 bridgehead atoms. The Morgan fingerprint density at radius 1 is 1.20 bits per heavy atom. The van der Waals surface area contributed by atoms with Gasteiger partial charge in [-0.25, -0.2) is 0 Å². The first-order valence-electron chi connectivity index (χ1n) is 5.26. The van der Waals surface area contributed by atoms with Crippen molar-refractivity contribution < 1.29 is 5.11 Å². The van der Waals surface area contributed by atoms with E-state index in [0.29, 0.717) is 0 Å². The molecule has 2 aromatic rings. The van der Waals surface area contributed by atoms with Gasteiger partial charge in [-0.1, -0.05) is 12.1 Å². The maximum absolute atomic E-state index is 8.76. The Hall–Kier alpha value is -1.41. The molecule has 1 N–H and O–H groups in total. The highest BCUT2D eigenvalue weighted by atomic mass is 16.2. The highest BCUT2D eigenvalue weighted by molar-refractivity contribution is 5.82. The number of aliphatic hydroxyl groups excluding tert-OH is 1. The van der Waals surface area contributed by atoms with Crippen molar-refractivity contribution in [1.29, 1.82) is 0 Å². The van der Waals surface area contributed by atoms with Gasteiger partial charge in [0.05, 0.1) is 0 Å². The predicted molar refractivity (Wildman–Crippen MR) is 61.9 cm³/mol. The molecule has 2 nitrogen and oxygen atoms in total. The summed E-state index contributed by atoms with van der Waals surface area (Å²) in [7, 11) is 0. The molecule has 1 heterocycles. The lowest BCUT2D eigenvalue weighted by molar-refractivity contribution is 0.288. The summed E-state index contributed by atoms with van der Waals surface area (Å²) in [5.74, 6) is 0. The van der Waals surface area contributed by atoms with E-state index in [4.69, 9.17) is 5.11 Å². The maximum Gasteiger partial charge on any atom is 0.0434 e. The van der Waals surface area contributed by atoms with Crippen LogP contribution in [0.15, 0.2) is 30.5 Å². The molecule has 2 rings (SSSR count).